The van der Waals surface area contributed by atoms with Crippen LogP contribution in [0.5, 0.6) is 0 Å². The second-order valence-corrected chi connectivity index (χ2v) is 3.55. The molecule has 2 heterocycles. The maximum atomic E-state index is 11.8. The fourth-order valence-electron chi connectivity index (χ4n) is 1.67. The molecule has 1 amide bonds. The first-order valence-corrected chi connectivity index (χ1v) is 5.12. The fourth-order valence-corrected chi connectivity index (χ4v) is 1.67. The number of amides is 1. The molecule has 0 aliphatic carbocycles. The lowest BCUT2D eigenvalue weighted by molar-refractivity contribution is 0.0693. The van der Waals surface area contributed by atoms with Crippen molar-refractivity contribution in [1.29, 1.82) is 0 Å². The summed E-state index contributed by atoms with van der Waals surface area (Å²) in [6.07, 6.45) is 2.30. The molecule has 0 radical (unpaired) electrons. The molecule has 17 heavy (non-hydrogen) atoms. The summed E-state index contributed by atoms with van der Waals surface area (Å²) in [6.45, 7) is 3.96. The molecule has 2 bridgehead atoms. The number of rotatable bonds is 5. The van der Waals surface area contributed by atoms with Crippen molar-refractivity contribution in [3.8, 4) is 0 Å². The van der Waals surface area contributed by atoms with E-state index in [2.05, 4.69) is 11.9 Å². The van der Waals surface area contributed by atoms with Gasteiger partial charge in [-0.2, -0.15) is 0 Å². The largest absolute Gasteiger partial charge is 0.478 e. The Morgan fingerprint density at radius 1 is 1.35 bits per heavy atom. The highest BCUT2D eigenvalue weighted by atomic mass is 16.4. The Hall–Kier alpha value is -2.30. The van der Waals surface area contributed by atoms with Gasteiger partial charge in [-0.05, 0) is 18.6 Å². The van der Waals surface area contributed by atoms with Crippen LogP contribution in [-0.4, -0.2) is 23.5 Å². The average Bonchev–Trinajstić information content (AvgIpc) is 2.88. The van der Waals surface area contributed by atoms with E-state index in [1.165, 1.54) is 0 Å². The van der Waals surface area contributed by atoms with Gasteiger partial charge in [0.2, 0.25) is 0 Å². The number of carboxylic acids is 1. The van der Waals surface area contributed by atoms with Crippen LogP contribution < -0.4 is 5.32 Å². The Balaban J connectivity index is 2.29. The molecule has 0 unspecified atom stereocenters. The first-order valence-electron chi connectivity index (χ1n) is 5.12. The zero-order chi connectivity index (χ0) is 12.4. The third kappa shape index (κ3) is 1.87. The highest BCUT2D eigenvalue weighted by Gasteiger charge is 2.26. The third-order valence-corrected chi connectivity index (χ3v) is 2.42. The van der Waals surface area contributed by atoms with Gasteiger partial charge in [0.05, 0.1) is 0 Å². The van der Waals surface area contributed by atoms with Crippen LogP contribution in [0, 0.1) is 0 Å². The van der Waals surface area contributed by atoms with E-state index in [4.69, 9.17) is 9.52 Å². The highest BCUT2D eigenvalue weighted by molar-refractivity contribution is 6.14. The van der Waals surface area contributed by atoms with Crippen molar-refractivity contribution < 1.29 is 19.1 Å². The molecule has 2 aromatic rings. The van der Waals surface area contributed by atoms with Crippen LogP contribution in [0.15, 0.2) is 29.2 Å². The Morgan fingerprint density at radius 3 is 2.59 bits per heavy atom. The smallest absolute Gasteiger partial charge is 0.340 e. The minimum Gasteiger partial charge on any atom is -0.478 e. The van der Waals surface area contributed by atoms with Gasteiger partial charge in [-0.15, -0.1) is 6.58 Å². The number of hydrogen-bond acceptors (Lipinski definition) is 3. The van der Waals surface area contributed by atoms with E-state index in [0.717, 1.165) is 0 Å². The molecular weight excluding hydrogens is 222 g/mol. The molecule has 0 aliphatic heterocycles. The van der Waals surface area contributed by atoms with Crippen LogP contribution in [0.4, 0.5) is 0 Å². The summed E-state index contributed by atoms with van der Waals surface area (Å²) >= 11 is 0. The van der Waals surface area contributed by atoms with Gasteiger partial charge in [0, 0.05) is 6.54 Å². The van der Waals surface area contributed by atoms with Crippen LogP contribution in [-0.2, 0) is 0 Å². The standard InChI is InChI=1S/C12H11NO4/c1-2-3-6-13-11(14)9-7-4-5-8(17-7)10(9)12(15)16/h2,4-5H,1,3,6H2,(H,13,14)(H,15,16). The van der Waals surface area contributed by atoms with Gasteiger partial charge < -0.3 is 14.8 Å². The Labute approximate surface area is 97.1 Å². The van der Waals surface area contributed by atoms with E-state index in [0.29, 0.717) is 18.5 Å². The fraction of sp³-hybridized carbons (Fsp3) is 0.167. The summed E-state index contributed by atoms with van der Waals surface area (Å²) < 4.78 is 5.17. The van der Waals surface area contributed by atoms with E-state index < -0.39 is 11.9 Å². The van der Waals surface area contributed by atoms with Crippen LogP contribution in [0.25, 0.3) is 11.2 Å². The predicted molar refractivity (Wildman–Crippen MR) is 61.5 cm³/mol. The molecule has 0 saturated heterocycles. The van der Waals surface area contributed by atoms with Crippen molar-refractivity contribution in [2.45, 2.75) is 6.42 Å². The molecule has 5 nitrogen and oxygen atoms in total. The summed E-state index contributed by atoms with van der Waals surface area (Å²) in [5.74, 6) is -1.59. The van der Waals surface area contributed by atoms with Crippen molar-refractivity contribution in [2.24, 2.45) is 0 Å². The lowest BCUT2D eigenvalue weighted by Gasteiger charge is -2.03. The van der Waals surface area contributed by atoms with Gasteiger partial charge in [-0.25, -0.2) is 4.79 Å². The van der Waals surface area contributed by atoms with E-state index in [1.807, 2.05) is 0 Å². The summed E-state index contributed by atoms with van der Waals surface area (Å²) in [7, 11) is 0. The lowest BCUT2D eigenvalue weighted by atomic mass is 10.1. The van der Waals surface area contributed by atoms with Crippen LogP contribution in [0.3, 0.4) is 0 Å². The van der Waals surface area contributed by atoms with Crippen molar-refractivity contribution in [3.63, 3.8) is 0 Å². The minimum atomic E-state index is -1.16. The second kappa shape index (κ2) is 4.29. The van der Waals surface area contributed by atoms with Gasteiger partial charge in [-0.3, -0.25) is 4.79 Å². The highest BCUT2D eigenvalue weighted by Crippen LogP contribution is 2.28. The van der Waals surface area contributed by atoms with Gasteiger partial charge in [0.15, 0.2) is 0 Å². The number of carbonyl (C=O) groups is 2. The molecule has 2 aromatic heterocycles. The zero-order valence-corrected chi connectivity index (χ0v) is 9.03. The number of benzene rings is 1. The first kappa shape index (κ1) is 11.2. The van der Waals surface area contributed by atoms with E-state index in [9.17, 15) is 9.59 Å². The number of hydrogen-bond donors (Lipinski definition) is 2. The number of furan rings is 2. The summed E-state index contributed by atoms with van der Waals surface area (Å²) in [6, 6.07) is 3.13. The van der Waals surface area contributed by atoms with Crippen molar-refractivity contribution >= 4 is 23.0 Å². The average molecular weight is 233 g/mol. The number of fused-ring (bicyclic) bond motifs is 2. The number of carbonyl (C=O) groups excluding carboxylic acids is 1. The molecule has 2 N–H and O–H groups in total. The number of carboxylic acid groups (broad SMARTS) is 1. The molecule has 0 atom stereocenters. The molecule has 0 aromatic carbocycles. The zero-order valence-electron chi connectivity index (χ0n) is 9.03. The lowest BCUT2D eigenvalue weighted by Crippen LogP contribution is -2.25. The molecule has 0 aliphatic rings. The van der Waals surface area contributed by atoms with Crippen LogP contribution in [0.2, 0.25) is 0 Å². The summed E-state index contributed by atoms with van der Waals surface area (Å²) in [4.78, 5) is 22.8. The summed E-state index contributed by atoms with van der Waals surface area (Å²) in [5.41, 5.74) is 0.549. The normalized spacial score (nSPS) is 10.6. The van der Waals surface area contributed by atoms with Crippen molar-refractivity contribution in [2.75, 3.05) is 6.54 Å². The van der Waals surface area contributed by atoms with Gasteiger partial charge in [0.1, 0.15) is 22.3 Å². The van der Waals surface area contributed by atoms with Crippen molar-refractivity contribution in [1.82, 2.24) is 5.32 Å². The topological polar surface area (TPSA) is 79.5 Å². The molecule has 0 saturated carbocycles. The first-order chi connectivity index (χ1) is 8.15. The van der Waals surface area contributed by atoms with Gasteiger partial charge >= 0.3 is 5.97 Å². The monoisotopic (exact) mass is 233 g/mol. The van der Waals surface area contributed by atoms with E-state index in [-0.39, 0.29) is 16.7 Å². The quantitative estimate of drug-likeness (QED) is 0.610. The maximum Gasteiger partial charge on any atom is 0.340 e. The molecule has 0 fully saturated rings. The molecule has 88 valence electrons. The number of nitrogens with one attached hydrogen (secondary N) is 1. The van der Waals surface area contributed by atoms with Gasteiger partial charge in [-0.1, -0.05) is 6.08 Å². The Kier molecular flexibility index (Phi) is 2.82. The minimum absolute atomic E-state index is 0.0707. The van der Waals surface area contributed by atoms with Gasteiger partial charge in [0.25, 0.3) is 5.91 Å². The molecule has 5 heteroatoms. The van der Waals surface area contributed by atoms with Crippen molar-refractivity contribution in [3.05, 3.63) is 35.9 Å². The number of aromatic carboxylic acids is 1. The molecule has 2 rings (SSSR count). The van der Waals surface area contributed by atoms with Crippen LogP contribution in [0.1, 0.15) is 27.1 Å². The third-order valence-electron chi connectivity index (χ3n) is 2.42. The Bertz CT molecular complexity index is 570. The maximum absolute atomic E-state index is 11.8. The molecular formula is C12H11NO4. The predicted octanol–water partition coefficient (Wildman–Crippen LogP) is 1.87. The van der Waals surface area contributed by atoms with E-state index >= 15 is 0 Å². The van der Waals surface area contributed by atoms with E-state index in [1.54, 1.807) is 18.2 Å². The van der Waals surface area contributed by atoms with Crippen LogP contribution >= 0.6 is 0 Å². The molecule has 0 spiro atoms. The Morgan fingerprint density at radius 2 is 2.00 bits per heavy atom. The summed E-state index contributed by atoms with van der Waals surface area (Å²) in [5, 5.41) is 11.6. The second-order valence-electron chi connectivity index (χ2n) is 3.55. The SMILES string of the molecule is C=CCCNC(=O)c1c(C(=O)O)c2ccc1o2.